The quantitative estimate of drug-likeness (QED) is 0.667. The maximum absolute atomic E-state index is 13.5. The number of carbonyl (C=O) groups is 1. The number of amides is 1. The Kier molecular flexibility index (Phi) is 7.07. The Labute approximate surface area is 173 Å². The van der Waals surface area contributed by atoms with Gasteiger partial charge in [0.1, 0.15) is 5.82 Å². The van der Waals surface area contributed by atoms with Crippen molar-refractivity contribution in [3.63, 3.8) is 0 Å². The highest BCUT2D eigenvalue weighted by Gasteiger charge is 2.32. The van der Waals surface area contributed by atoms with Gasteiger partial charge < -0.3 is 10.6 Å². The van der Waals surface area contributed by atoms with Crippen molar-refractivity contribution in [2.45, 2.75) is 51.4 Å². The second kappa shape index (κ2) is 9.55. The molecule has 1 saturated carbocycles. The first kappa shape index (κ1) is 22.2. The number of pyridine rings is 1. The summed E-state index contributed by atoms with van der Waals surface area (Å²) in [6.45, 7) is 3.10. The average molecular weight is 423 g/mol. The largest absolute Gasteiger partial charge is 0.416 e. The van der Waals surface area contributed by atoms with Crippen LogP contribution in [0.25, 0.3) is 0 Å². The number of aryl methyl sites for hydroxylation is 1. The summed E-state index contributed by atoms with van der Waals surface area (Å²) in [5.41, 5.74) is 0.693. The van der Waals surface area contributed by atoms with E-state index in [1.807, 2.05) is 19.1 Å². The van der Waals surface area contributed by atoms with Crippen molar-refractivity contribution >= 4 is 5.91 Å². The van der Waals surface area contributed by atoms with Crippen LogP contribution in [0.15, 0.2) is 36.5 Å². The van der Waals surface area contributed by atoms with Gasteiger partial charge in [0.2, 0.25) is 0 Å². The highest BCUT2D eigenvalue weighted by Crippen LogP contribution is 2.30. The van der Waals surface area contributed by atoms with E-state index in [4.69, 9.17) is 0 Å². The summed E-state index contributed by atoms with van der Waals surface area (Å²) in [5, 5.41) is 6.17. The van der Waals surface area contributed by atoms with Gasteiger partial charge in [-0.15, -0.1) is 0 Å². The third-order valence-electron chi connectivity index (χ3n) is 5.56. The van der Waals surface area contributed by atoms with Gasteiger partial charge >= 0.3 is 6.18 Å². The van der Waals surface area contributed by atoms with Gasteiger partial charge in [-0.3, -0.25) is 9.78 Å². The summed E-state index contributed by atoms with van der Waals surface area (Å²) in [5.74, 6) is -1.52. The molecule has 2 aromatic rings. The molecule has 1 aliphatic rings. The van der Waals surface area contributed by atoms with Crippen LogP contribution in [0.1, 0.15) is 52.9 Å². The number of nitrogens with one attached hydrogen (secondary N) is 2. The Hall–Kier alpha value is -2.48. The fourth-order valence-electron chi connectivity index (χ4n) is 3.74. The van der Waals surface area contributed by atoms with E-state index >= 15 is 0 Å². The molecule has 1 aliphatic carbocycles. The monoisotopic (exact) mass is 423 g/mol. The first-order valence-electron chi connectivity index (χ1n) is 10.0. The molecule has 2 N–H and O–H groups in total. The Balaban J connectivity index is 1.45. The number of benzene rings is 1. The lowest BCUT2D eigenvalue weighted by Crippen LogP contribution is -2.37. The normalized spacial score (nSPS) is 19.5. The van der Waals surface area contributed by atoms with Crippen LogP contribution >= 0.6 is 0 Å². The Morgan fingerprint density at radius 2 is 1.90 bits per heavy atom. The van der Waals surface area contributed by atoms with Gasteiger partial charge in [0.25, 0.3) is 5.91 Å². The molecular formula is C22H25F4N3O. The van der Waals surface area contributed by atoms with Crippen molar-refractivity contribution in [2.24, 2.45) is 5.92 Å². The summed E-state index contributed by atoms with van der Waals surface area (Å²) in [6.07, 6.45) is 0.775. The van der Waals surface area contributed by atoms with Crippen molar-refractivity contribution in [1.29, 1.82) is 0 Å². The van der Waals surface area contributed by atoms with Gasteiger partial charge in [-0.1, -0.05) is 6.07 Å². The van der Waals surface area contributed by atoms with Gasteiger partial charge in [-0.25, -0.2) is 4.39 Å². The first-order valence-corrected chi connectivity index (χ1v) is 10.0. The van der Waals surface area contributed by atoms with E-state index in [2.05, 4.69) is 15.6 Å². The van der Waals surface area contributed by atoms with Crippen molar-refractivity contribution in [2.75, 3.05) is 6.54 Å². The smallest absolute Gasteiger partial charge is 0.352 e. The molecule has 0 radical (unpaired) electrons. The van der Waals surface area contributed by atoms with Crippen LogP contribution in [0.2, 0.25) is 0 Å². The molecule has 0 saturated heterocycles. The predicted molar refractivity (Wildman–Crippen MR) is 105 cm³/mol. The minimum Gasteiger partial charge on any atom is -0.352 e. The van der Waals surface area contributed by atoms with Crippen LogP contribution in [0.4, 0.5) is 17.6 Å². The van der Waals surface area contributed by atoms with Crippen molar-refractivity contribution < 1.29 is 22.4 Å². The van der Waals surface area contributed by atoms with E-state index in [-0.39, 0.29) is 11.5 Å². The van der Waals surface area contributed by atoms with Crippen LogP contribution in [-0.2, 0) is 12.7 Å². The summed E-state index contributed by atoms with van der Waals surface area (Å²) < 4.78 is 51.9. The van der Waals surface area contributed by atoms with Crippen LogP contribution in [0.3, 0.4) is 0 Å². The highest BCUT2D eigenvalue weighted by atomic mass is 19.4. The second-order valence-corrected chi connectivity index (χ2v) is 7.80. The summed E-state index contributed by atoms with van der Waals surface area (Å²) >= 11 is 0. The highest BCUT2D eigenvalue weighted by molar-refractivity contribution is 5.94. The second-order valence-electron chi connectivity index (χ2n) is 7.80. The number of carbonyl (C=O) groups excluding carboxylic acids is 1. The molecule has 1 amide bonds. The van der Waals surface area contributed by atoms with Crippen LogP contribution in [0, 0.1) is 18.7 Å². The first-order chi connectivity index (χ1) is 14.2. The number of hydrogen-bond donors (Lipinski definition) is 2. The third kappa shape index (κ3) is 6.01. The Bertz CT molecular complexity index is 877. The third-order valence-corrected chi connectivity index (χ3v) is 5.56. The molecule has 1 aromatic carbocycles. The van der Waals surface area contributed by atoms with E-state index in [0.717, 1.165) is 43.0 Å². The van der Waals surface area contributed by atoms with Gasteiger partial charge in [0, 0.05) is 30.9 Å². The number of rotatable bonds is 6. The number of aromatic nitrogens is 1. The van der Waals surface area contributed by atoms with Gasteiger partial charge in [-0.05, 0) is 68.4 Å². The average Bonchev–Trinajstić information content (AvgIpc) is 2.71. The molecule has 1 fully saturated rings. The molecule has 0 aliphatic heterocycles. The number of hydrogen-bond acceptors (Lipinski definition) is 3. The van der Waals surface area contributed by atoms with Gasteiger partial charge in [-0.2, -0.15) is 13.2 Å². The van der Waals surface area contributed by atoms with Gasteiger partial charge in [0.15, 0.2) is 0 Å². The summed E-state index contributed by atoms with van der Waals surface area (Å²) in [6, 6.07) is 6.20. The standard InChI is InChI=1S/C22H25F4N3O/c1-14-3-2-8-27-20(14)13-28-19-6-4-15(5-7-19)12-29-21(30)16-9-17(22(24,25)26)11-18(23)10-16/h2-3,8-11,15,19,28H,4-7,12-13H2,1H3,(H,29,30). The molecule has 1 aromatic heterocycles. The van der Waals surface area contributed by atoms with E-state index < -0.39 is 23.5 Å². The molecule has 1 heterocycles. The molecule has 3 rings (SSSR count). The zero-order chi connectivity index (χ0) is 21.7. The van der Waals surface area contributed by atoms with Crippen molar-refractivity contribution in [3.05, 3.63) is 64.7 Å². The maximum atomic E-state index is 13.5. The molecular weight excluding hydrogens is 398 g/mol. The zero-order valence-electron chi connectivity index (χ0n) is 16.7. The lowest BCUT2D eigenvalue weighted by molar-refractivity contribution is -0.137. The molecule has 8 heteroatoms. The zero-order valence-corrected chi connectivity index (χ0v) is 16.7. The van der Waals surface area contributed by atoms with E-state index in [0.29, 0.717) is 31.3 Å². The number of alkyl halides is 3. The number of halogens is 4. The predicted octanol–water partition coefficient (Wildman–Crippen LogP) is 4.63. The molecule has 0 unspecified atom stereocenters. The SMILES string of the molecule is Cc1cccnc1CNC1CCC(CNC(=O)c2cc(F)cc(C(F)(F)F)c2)CC1. The minimum atomic E-state index is -4.70. The molecule has 162 valence electrons. The van der Waals surface area contributed by atoms with Crippen LogP contribution in [-0.4, -0.2) is 23.5 Å². The van der Waals surface area contributed by atoms with E-state index in [1.54, 1.807) is 6.20 Å². The van der Waals surface area contributed by atoms with Crippen LogP contribution in [0.5, 0.6) is 0 Å². The van der Waals surface area contributed by atoms with Crippen molar-refractivity contribution in [1.82, 2.24) is 15.6 Å². The molecule has 0 bridgehead atoms. The lowest BCUT2D eigenvalue weighted by atomic mass is 9.86. The lowest BCUT2D eigenvalue weighted by Gasteiger charge is -2.29. The number of nitrogens with zero attached hydrogens (tertiary/aromatic N) is 1. The summed E-state index contributed by atoms with van der Waals surface area (Å²) in [7, 11) is 0. The fraction of sp³-hybridized carbons (Fsp3) is 0.455. The van der Waals surface area contributed by atoms with Gasteiger partial charge in [0.05, 0.1) is 11.3 Å². The topological polar surface area (TPSA) is 54.0 Å². The molecule has 0 atom stereocenters. The van der Waals surface area contributed by atoms with E-state index in [1.165, 1.54) is 0 Å². The molecule has 4 nitrogen and oxygen atoms in total. The summed E-state index contributed by atoms with van der Waals surface area (Å²) in [4.78, 5) is 16.6. The maximum Gasteiger partial charge on any atom is 0.416 e. The van der Waals surface area contributed by atoms with E-state index in [9.17, 15) is 22.4 Å². The van der Waals surface area contributed by atoms with Crippen LogP contribution < -0.4 is 10.6 Å². The fourth-order valence-corrected chi connectivity index (χ4v) is 3.74. The Morgan fingerprint density at radius 1 is 1.17 bits per heavy atom. The molecule has 0 spiro atoms. The van der Waals surface area contributed by atoms with Crippen molar-refractivity contribution in [3.8, 4) is 0 Å². The Morgan fingerprint density at radius 3 is 2.57 bits per heavy atom. The minimum absolute atomic E-state index is 0.249. The molecule has 30 heavy (non-hydrogen) atoms.